The van der Waals surface area contributed by atoms with E-state index in [1.807, 2.05) is 0 Å². The lowest BCUT2D eigenvalue weighted by Gasteiger charge is -2.35. The second kappa shape index (κ2) is 13.0. The summed E-state index contributed by atoms with van der Waals surface area (Å²) in [5.41, 5.74) is 0.144. The van der Waals surface area contributed by atoms with E-state index in [9.17, 15) is 35.6 Å². The van der Waals surface area contributed by atoms with Crippen LogP contribution >= 0.6 is 0 Å². The van der Waals surface area contributed by atoms with Gasteiger partial charge >= 0.3 is 12.2 Å². The number of hydrogen-bond donors (Lipinski definition) is 2. The average Bonchev–Trinajstić information content (AvgIpc) is 2.87. The molecule has 0 aromatic heterocycles. The Morgan fingerprint density at radius 3 is 2.44 bits per heavy atom. The van der Waals surface area contributed by atoms with E-state index in [1.165, 1.54) is 68.4 Å². The Morgan fingerprint density at radius 1 is 1.12 bits per heavy atom. The summed E-state index contributed by atoms with van der Waals surface area (Å²) in [6.07, 6.45) is -5.66. The van der Waals surface area contributed by atoms with Gasteiger partial charge in [-0.15, -0.1) is 0 Å². The molecule has 1 heterocycles. The monoisotopic (exact) mass is 604 g/mol. The number of halogens is 4. The molecule has 3 amide bonds. The maximum atomic E-state index is 13.9. The smallest absolute Gasteiger partial charge is 0.404 e. The summed E-state index contributed by atoms with van der Waals surface area (Å²) < 4.78 is 91.1. The minimum atomic E-state index is -4.96. The molecule has 0 saturated carbocycles. The minimum absolute atomic E-state index is 0.00251. The molecule has 3 atom stereocenters. The van der Waals surface area contributed by atoms with E-state index < -0.39 is 64.4 Å². The Hall–Kier alpha value is -3.43. The summed E-state index contributed by atoms with van der Waals surface area (Å²) in [5, 5.41) is 4.85. The lowest BCUT2D eigenvalue weighted by Crippen LogP contribution is -2.50. The maximum absolute atomic E-state index is 13.9. The fourth-order valence-corrected chi connectivity index (χ4v) is 5.99. The van der Waals surface area contributed by atoms with Gasteiger partial charge in [-0.1, -0.05) is 19.1 Å². The van der Waals surface area contributed by atoms with E-state index >= 15 is 0 Å². The Kier molecular flexibility index (Phi) is 10.2. The second-order valence-corrected chi connectivity index (χ2v) is 11.7. The van der Waals surface area contributed by atoms with Crippen molar-refractivity contribution in [3.05, 3.63) is 53.8 Å². The third kappa shape index (κ3) is 8.53. The lowest BCUT2D eigenvalue weighted by molar-refractivity contribution is -0.107. The van der Waals surface area contributed by atoms with Crippen LogP contribution < -0.4 is 15.4 Å². The summed E-state index contributed by atoms with van der Waals surface area (Å²) in [5.74, 6) is -3.80. The Labute approximate surface area is 235 Å². The molecule has 0 saturated heterocycles. The number of ether oxygens (including phenoxy) is 2. The maximum Gasteiger partial charge on any atom is 0.404 e. The summed E-state index contributed by atoms with van der Waals surface area (Å²) in [6.45, 7) is 2.30. The highest BCUT2D eigenvalue weighted by Crippen LogP contribution is 2.28. The van der Waals surface area contributed by atoms with Gasteiger partial charge in [0.15, 0.2) is 5.75 Å². The fraction of sp³-hybridized carbons (Fsp3) is 0.462. The number of nitrogens with zero attached hydrogens (tertiary/aromatic N) is 2. The molecule has 1 aliphatic rings. The van der Waals surface area contributed by atoms with Gasteiger partial charge in [-0.05, 0) is 37.1 Å². The van der Waals surface area contributed by atoms with Crippen LogP contribution in [0.3, 0.4) is 0 Å². The molecule has 15 heteroatoms. The van der Waals surface area contributed by atoms with Gasteiger partial charge in [0.25, 0.3) is 5.91 Å². The molecule has 0 spiro atoms. The topological polar surface area (TPSA) is 117 Å². The van der Waals surface area contributed by atoms with Gasteiger partial charge in [0.1, 0.15) is 18.2 Å². The van der Waals surface area contributed by atoms with Gasteiger partial charge in [-0.3, -0.25) is 4.79 Å². The number of anilines is 2. The predicted octanol–water partition coefficient (Wildman–Crippen LogP) is 4.17. The van der Waals surface area contributed by atoms with Gasteiger partial charge in [0.2, 0.25) is 10.0 Å². The van der Waals surface area contributed by atoms with Crippen molar-refractivity contribution in [1.82, 2.24) is 9.21 Å². The van der Waals surface area contributed by atoms with Gasteiger partial charge in [-0.25, -0.2) is 17.6 Å². The van der Waals surface area contributed by atoms with E-state index in [0.29, 0.717) is 0 Å². The van der Waals surface area contributed by atoms with Crippen LogP contribution in [0.4, 0.5) is 33.7 Å². The molecule has 0 aliphatic carbocycles. The highest BCUT2D eigenvalue weighted by molar-refractivity contribution is 7.89. The predicted molar refractivity (Wildman–Crippen MR) is 144 cm³/mol. The highest BCUT2D eigenvalue weighted by Gasteiger charge is 2.41. The summed E-state index contributed by atoms with van der Waals surface area (Å²) in [7, 11) is -1.95. The van der Waals surface area contributed by atoms with Crippen molar-refractivity contribution in [2.45, 2.75) is 32.2 Å². The van der Waals surface area contributed by atoms with Gasteiger partial charge in [0, 0.05) is 39.0 Å². The first kappa shape index (κ1) is 32.1. The molecule has 226 valence electrons. The third-order valence-corrected chi connectivity index (χ3v) is 8.39. The number of sulfonamides is 1. The number of alkyl halides is 3. The Morgan fingerprint density at radius 2 is 1.80 bits per heavy atom. The number of rotatable bonds is 5. The summed E-state index contributed by atoms with van der Waals surface area (Å²) >= 11 is 0. The molecule has 0 unspecified atom stereocenters. The number of urea groups is 1. The molecule has 10 nitrogen and oxygen atoms in total. The number of likely N-dealkylation sites (N-methyl/N-ethyl adjacent to an activating group) is 1. The SMILES string of the molecule is CO[C@@H]1CN(C)C(=O)c2ccc(NC(=O)Nc3ccccc3F)cc2OC[C@@H](C)N(S(=O)(=O)CC(F)(F)F)C[C@H]1C. The van der Waals surface area contributed by atoms with E-state index in [1.54, 1.807) is 6.92 Å². The first-order chi connectivity index (χ1) is 19.1. The molecule has 0 fully saturated rings. The molecular weight excluding hydrogens is 572 g/mol. The molecule has 2 N–H and O–H groups in total. The van der Waals surface area contributed by atoms with E-state index in [4.69, 9.17) is 9.47 Å². The molecule has 1 aliphatic heterocycles. The van der Waals surface area contributed by atoms with Crippen molar-refractivity contribution in [3.63, 3.8) is 0 Å². The van der Waals surface area contributed by atoms with E-state index in [2.05, 4.69) is 10.6 Å². The van der Waals surface area contributed by atoms with Crippen LogP contribution in [0.5, 0.6) is 5.75 Å². The van der Waals surface area contributed by atoms with Crippen LogP contribution in [-0.2, 0) is 14.8 Å². The van der Waals surface area contributed by atoms with Crippen LogP contribution in [0.2, 0.25) is 0 Å². The number of methoxy groups -OCH3 is 1. The van der Waals surface area contributed by atoms with E-state index in [-0.39, 0.29) is 35.8 Å². The van der Waals surface area contributed by atoms with Crippen LogP contribution in [-0.4, -0.2) is 87.5 Å². The number of para-hydroxylation sites is 1. The van der Waals surface area contributed by atoms with Crippen molar-refractivity contribution in [1.29, 1.82) is 0 Å². The fourth-order valence-electron chi connectivity index (χ4n) is 4.34. The number of fused-ring (bicyclic) bond motifs is 1. The largest absolute Gasteiger partial charge is 0.491 e. The van der Waals surface area contributed by atoms with E-state index in [0.717, 1.165) is 4.31 Å². The van der Waals surface area contributed by atoms with Gasteiger partial charge in [-0.2, -0.15) is 17.5 Å². The number of hydrogen-bond acceptors (Lipinski definition) is 6. The number of carbonyl (C=O) groups is 2. The zero-order chi connectivity index (χ0) is 30.5. The number of carbonyl (C=O) groups excluding carboxylic acids is 2. The Bertz CT molecular complexity index is 1360. The number of benzene rings is 2. The Balaban J connectivity index is 1.95. The molecule has 0 radical (unpaired) electrons. The lowest BCUT2D eigenvalue weighted by atomic mass is 10.0. The molecule has 0 bridgehead atoms. The highest BCUT2D eigenvalue weighted by atomic mass is 32.2. The van der Waals surface area contributed by atoms with Crippen LogP contribution in [0.15, 0.2) is 42.5 Å². The van der Waals surface area contributed by atoms with Crippen molar-refractivity contribution in [3.8, 4) is 5.75 Å². The first-order valence-electron chi connectivity index (χ1n) is 12.5. The van der Waals surface area contributed by atoms with Gasteiger partial charge < -0.3 is 25.0 Å². The normalized spacial score (nSPS) is 21.2. The zero-order valence-corrected chi connectivity index (χ0v) is 23.7. The zero-order valence-electron chi connectivity index (χ0n) is 22.9. The number of nitrogens with one attached hydrogen (secondary N) is 2. The average molecular weight is 605 g/mol. The second-order valence-electron chi connectivity index (χ2n) is 9.81. The third-order valence-electron chi connectivity index (χ3n) is 6.47. The quantitative estimate of drug-likeness (QED) is 0.495. The minimum Gasteiger partial charge on any atom is -0.491 e. The summed E-state index contributed by atoms with van der Waals surface area (Å²) in [4.78, 5) is 27.1. The standard InChI is InChI=1S/C26H32F4N4O6S/c1-16-12-34(41(37,38)15-26(28,29)30)17(2)14-40-22-11-18(31-25(36)32-21-8-6-5-7-20(21)27)9-10-19(22)24(35)33(3)13-23(16)39-4/h5-11,16-17,23H,12-15H2,1-4H3,(H2,31,32,36)/t16-,17-,23-/m1/s1. The molecule has 3 rings (SSSR count). The first-order valence-corrected chi connectivity index (χ1v) is 14.2. The van der Waals surface area contributed by atoms with Crippen molar-refractivity contribution < 1.29 is 45.0 Å². The van der Waals surface area contributed by atoms with Crippen molar-refractivity contribution >= 4 is 33.3 Å². The van der Waals surface area contributed by atoms with Crippen molar-refractivity contribution in [2.24, 2.45) is 5.92 Å². The van der Waals surface area contributed by atoms with Gasteiger partial charge in [0.05, 0.1) is 23.4 Å². The molecule has 41 heavy (non-hydrogen) atoms. The van der Waals surface area contributed by atoms with Crippen LogP contribution in [0.1, 0.15) is 24.2 Å². The molecular formula is C26H32F4N4O6S. The summed E-state index contributed by atoms with van der Waals surface area (Å²) in [6, 6.07) is 7.77. The number of amides is 3. The molecule has 2 aromatic carbocycles. The van der Waals surface area contributed by atoms with Crippen LogP contribution in [0.25, 0.3) is 0 Å². The van der Waals surface area contributed by atoms with Crippen LogP contribution in [0, 0.1) is 11.7 Å². The molecule has 2 aromatic rings. The van der Waals surface area contributed by atoms with Crippen molar-refractivity contribution in [2.75, 3.05) is 50.2 Å².